The lowest BCUT2D eigenvalue weighted by molar-refractivity contribution is -0.140. The summed E-state index contributed by atoms with van der Waals surface area (Å²) in [6, 6.07) is 9.64. The molecule has 2 aromatic rings. The number of amides is 2. The van der Waals surface area contributed by atoms with Crippen molar-refractivity contribution in [2.24, 2.45) is 0 Å². The standard InChI is InChI=1S/C25H33ClFN3O5S/c1-5-7-13-28-25(32)23(6-2)29(16-18-9-8-10-20(14-18)35-3)24(31)17-30(36(4,33)34)19-11-12-22(27)21(26)15-19/h8-12,14-15,23H,5-7,13,16-17H2,1-4H3,(H,28,32). The Bertz CT molecular complexity index is 1160. The molecule has 0 heterocycles. The van der Waals surface area contributed by atoms with Crippen molar-refractivity contribution in [1.82, 2.24) is 10.2 Å². The lowest BCUT2D eigenvalue weighted by atomic mass is 10.1. The van der Waals surface area contributed by atoms with Crippen LogP contribution in [0.3, 0.4) is 0 Å². The van der Waals surface area contributed by atoms with E-state index in [1.165, 1.54) is 18.1 Å². The van der Waals surface area contributed by atoms with E-state index in [2.05, 4.69) is 5.32 Å². The third-order valence-electron chi connectivity index (χ3n) is 5.57. The van der Waals surface area contributed by atoms with Gasteiger partial charge in [0.2, 0.25) is 21.8 Å². The second kappa shape index (κ2) is 13.5. The van der Waals surface area contributed by atoms with Crippen LogP contribution < -0.4 is 14.4 Å². The molecule has 2 rings (SSSR count). The predicted octanol–water partition coefficient (Wildman–Crippen LogP) is 3.98. The van der Waals surface area contributed by atoms with Crippen molar-refractivity contribution in [2.75, 3.05) is 30.8 Å². The molecule has 0 fully saturated rings. The molecule has 0 aliphatic carbocycles. The minimum atomic E-state index is -3.95. The number of carbonyl (C=O) groups is 2. The Morgan fingerprint density at radius 3 is 2.47 bits per heavy atom. The Morgan fingerprint density at radius 1 is 1.17 bits per heavy atom. The van der Waals surface area contributed by atoms with Gasteiger partial charge in [0.15, 0.2) is 0 Å². The summed E-state index contributed by atoms with van der Waals surface area (Å²) >= 11 is 5.86. The molecule has 0 aliphatic rings. The number of anilines is 1. The van der Waals surface area contributed by atoms with Crippen LogP contribution in [0.5, 0.6) is 5.75 Å². The van der Waals surface area contributed by atoms with Gasteiger partial charge < -0.3 is 15.0 Å². The molecule has 1 atom stereocenters. The zero-order valence-corrected chi connectivity index (χ0v) is 22.5. The van der Waals surface area contributed by atoms with Crippen LogP contribution >= 0.6 is 11.6 Å². The van der Waals surface area contributed by atoms with Crippen LogP contribution in [0.15, 0.2) is 42.5 Å². The highest BCUT2D eigenvalue weighted by molar-refractivity contribution is 7.92. The first-order chi connectivity index (χ1) is 17.0. The van der Waals surface area contributed by atoms with Crippen LogP contribution in [0, 0.1) is 5.82 Å². The fraction of sp³-hybridized carbons (Fsp3) is 0.440. The average Bonchev–Trinajstić information content (AvgIpc) is 2.83. The molecule has 0 bridgehead atoms. The minimum absolute atomic E-state index is 0.0408. The largest absolute Gasteiger partial charge is 0.497 e. The van der Waals surface area contributed by atoms with E-state index in [-0.39, 0.29) is 23.2 Å². The molecule has 1 N–H and O–H groups in total. The van der Waals surface area contributed by atoms with E-state index in [9.17, 15) is 22.4 Å². The van der Waals surface area contributed by atoms with Crippen molar-refractivity contribution < 1.29 is 27.1 Å². The van der Waals surface area contributed by atoms with Gasteiger partial charge in [0.1, 0.15) is 24.2 Å². The molecular weight excluding hydrogens is 509 g/mol. The topological polar surface area (TPSA) is 96.0 Å². The lowest BCUT2D eigenvalue weighted by Gasteiger charge is -2.33. The Morgan fingerprint density at radius 2 is 1.89 bits per heavy atom. The number of hydrogen-bond acceptors (Lipinski definition) is 5. The van der Waals surface area contributed by atoms with Gasteiger partial charge in [-0.05, 0) is 48.7 Å². The van der Waals surface area contributed by atoms with Crippen LogP contribution in [-0.4, -0.2) is 57.6 Å². The van der Waals surface area contributed by atoms with Gasteiger partial charge in [-0.1, -0.05) is 44.0 Å². The first kappa shape index (κ1) is 29.4. The van der Waals surface area contributed by atoms with Gasteiger partial charge in [0.05, 0.1) is 24.1 Å². The Kier molecular flexibility index (Phi) is 11.0. The van der Waals surface area contributed by atoms with Gasteiger partial charge in [-0.25, -0.2) is 12.8 Å². The number of unbranched alkanes of at least 4 members (excludes halogenated alkanes) is 1. The van der Waals surface area contributed by atoms with E-state index in [0.29, 0.717) is 24.3 Å². The molecule has 2 amide bonds. The van der Waals surface area contributed by atoms with E-state index in [0.717, 1.165) is 35.5 Å². The van der Waals surface area contributed by atoms with Crippen LogP contribution in [0.2, 0.25) is 5.02 Å². The normalized spacial score (nSPS) is 12.1. The van der Waals surface area contributed by atoms with Crippen LogP contribution in [0.4, 0.5) is 10.1 Å². The molecule has 0 aromatic heterocycles. The molecule has 0 spiro atoms. The number of benzene rings is 2. The van der Waals surface area contributed by atoms with Gasteiger partial charge >= 0.3 is 0 Å². The molecule has 2 aromatic carbocycles. The monoisotopic (exact) mass is 541 g/mol. The van der Waals surface area contributed by atoms with Crippen molar-refractivity contribution >= 4 is 39.1 Å². The molecule has 0 saturated heterocycles. The smallest absolute Gasteiger partial charge is 0.244 e. The van der Waals surface area contributed by atoms with Crippen LogP contribution in [0.25, 0.3) is 0 Å². The van der Waals surface area contributed by atoms with Crippen molar-refractivity contribution in [2.45, 2.75) is 45.7 Å². The SMILES string of the molecule is CCCCNC(=O)C(CC)N(Cc1cccc(OC)c1)C(=O)CN(c1ccc(F)c(Cl)c1)S(C)(=O)=O. The number of ether oxygens (including phenoxy) is 1. The Balaban J connectivity index is 2.44. The molecule has 198 valence electrons. The molecule has 0 radical (unpaired) electrons. The zero-order chi connectivity index (χ0) is 26.9. The first-order valence-electron chi connectivity index (χ1n) is 11.6. The third kappa shape index (κ3) is 8.09. The molecule has 8 nitrogen and oxygen atoms in total. The molecule has 11 heteroatoms. The summed E-state index contributed by atoms with van der Waals surface area (Å²) in [6.07, 6.45) is 2.94. The second-order valence-electron chi connectivity index (χ2n) is 8.31. The van der Waals surface area contributed by atoms with Gasteiger partial charge in [-0.15, -0.1) is 0 Å². The maximum atomic E-state index is 13.7. The highest BCUT2D eigenvalue weighted by Gasteiger charge is 2.31. The number of methoxy groups -OCH3 is 1. The summed E-state index contributed by atoms with van der Waals surface area (Å²) in [6.45, 7) is 3.71. The van der Waals surface area contributed by atoms with Gasteiger partial charge in [0, 0.05) is 13.1 Å². The van der Waals surface area contributed by atoms with E-state index in [4.69, 9.17) is 16.3 Å². The minimum Gasteiger partial charge on any atom is -0.497 e. The number of nitrogens with zero attached hydrogens (tertiary/aromatic N) is 2. The second-order valence-corrected chi connectivity index (χ2v) is 10.6. The summed E-state index contributed by atoms with van der Waals surface area (Å²) in [5.41, 5.74) is 0.747. The predicted molar refractivity (Wildman–Crippen MR) is 139 cm³/mol. The number of halogens is 2. The quantitative estimate of drug-likeness (QED) is 0.387. The molecule has 1 unspecified atom stereocenters. The third-order valence-corrected chi connectivity index (χ3v) is 7.00. The number of rotatable bonds is 13. The fourth-order valence-corrected chi connectivity index (χ4v) is 4.66. The summed E-state index contributed by atoms with van der Waals surface area (Å²) in [5.74, 6) is -1.05. The summed E-state index contributed by atoms with van der Waals surface area (Å²) in [5, 5.41) is 2.58. The first-order valence-corrected chi connectivity index (χ1v) is 13.9. The molecule has 0 aliphatic heterocycles. The van der Waals surface area contributed by atoms with E-state index >= 15 is 0 Å². The Hall–Kier alpha value is -2.85. The van der Waals surface area contributed by atoms with E-state index in [1.807, 2.05) is 6.92 Å². The van der Waals surface area contributed by atoms with E-state index < -0.39 is 34.3 Å². The number of sulfonamides is 1. The summed E-state index contributed by atoms with van der Waals surface area (Å²) in [7, 11) is -2.42. The zero-order valence-electron chi connectivity index (χ0n) is 21.0. The van der Waals surface area contributed by atoms with Crippen LogP contribution in [0.1, 0.15) is 38.7 Å². The Labute approximate surface area is 217 Å². The fourth-order valence-electron chi connectivity index (χ4n) is 3.65. The maximum absolute atomic E-state index is 13.7. The van der Waals surface area contributed by atoms with Crippen LogP contribution in [-0.2, 0) is 26.2 Å². The maximum Gasteiger partial charge on any atom is 0.244 e. The number of nitrogens with one attached hydrogen (secondary N) is 1. The van der Waals surface area contributed by atoms with Gasteiger partial charge in [0.25, 0.3) is 0 Å². The van der Waals surface area contributed by atoms with Crippen molar-refractivity contribution in [3.8, 4) is 5.75 Å². The van der Waals surface area contributed by atoms with Crippen molar-refractivity contribution in [3.05, 3.63) is 58.9 Å². The van der Waals surface area contributed by atoms with Crippen molar-refractivity contribution in [3.63, 3.8) is 0 Å². The lowest BCUT2D eigenvalue weighted by Crippen LogP contribution is -2.52. The number of hydrogen-bond donors (Lipinski definition) is 1. The molecular formula is C25H33ClFN3O5S. The van der Waals surface area contributed by atoms with Crippen molar-refractivity contribution in [1.29, 1.82) is 0 Å². The highest BCUT2D eigenvalue weighted by atomic mass is 35.5. The molecule has 36 heavy (non-hydrogen) atoms. The molecule has 0 saturated carbocycles. The van der Waals surface area contributed by atoms with E-state index in [1.54, 1.807) is 31.2 Å². The van der Waals surface area contributed by atoms with Gasteiger partial charge in [-0.3, -0.25) is 13.9 Å². The highest BCUT2D eigenvalue weighted by Crippen LogP contribution is 2.25. The summed E-state index contributed by atoms with van der Waals surface area (Å²) in [4.78, 5) is 28.0. The number of carbonyl (C=O) groups excluding carboxylic acids is 2. The van der Waals surface area contributed by atoms with Gasteiger partial charge in [-0.2, -0.15) is 0 Å². The summed E-state index contributed by atoms with van der Waals surface area (Å²) < 4.78 is 45.0. The average molecular weight is 542 g/mol.